The number of ether oxygens (including phenoxy) is 3. The molecule has 0 aromatic carbocycles. The second kappa shape index (κ2) is 6.77. The number of H-pyrrole nitrogens is 1. The molecule has 142 valence electrons. The van der Waals surface area contributed by atoms with E-state index in [1.165, 1.54) is 13.4 Å². The van der Waals surface area contributed by atoms with Gasteiger partial charge in [0.05, 0.1) is 13.4 Å². The molecule has 0 atom stereocenters. The van der Waals surface area contributed by atoms with Gasteiger partial charge in [-0.1, -0.05) is 0 Å². The fourth-order valence-electron chi connectivity index (χ4n) is 1.90. The summed E-state index contributed by atoms with van der Waals surface area (Å²) in [5.41, 5.74) is -1.01. The SMILES string of the molecule is COc1nc(N(C(=O)OC(C)(C)C)C(=O)OC(C)(C)C)nc2nc[nH]c12. The number of rotatable bonds is 2. The number of nitrogens with zero attached hydrogens (tertiary/aromatic N) is 4. The van der Waals surface area contributed by atoms with Gasteiger partial charge in [0.1, 0.15) is 16.7 Å². The molecule has 0 aliphatic rings. The van der Waals surface area contributed by atoms with Crippen LogP contribution in [0.25, 0.3) is 11.2 Å². The molecule has 26 heavy (non-hydrogen) atoms. The van der Waals surface area contributed by atoms with Crippen LogP contribution in [0.4, 0.5) is 15.5 Å². The first-order valence-electron chi connectivity index (χ1n) is 7.92. The Balaban J connectivity index is 2.52. The van der Waals surface area contributed by atoms with Crippen LogP contribution in [0.2, 0.25) is 0 Å². The number of nitrogens with one attached hydrogen (secondary N) is 1. The summed E-state index contributed by atoms with van der Waals surface area (Å²) in [6.45, 7) is 10.1. The molecule has 2 heterocycles. The van der Waals surface area contributed by atoms with Crippen molar-refractivity contribution in [3.63, 3.8) is 0 Å². The molecule has 0 unspecified atom stereocenters. The van der Waals surface area contributed by atoms with Gasteiger partial charge < -0.3 is 19.2 Å². The van der Waals surface area contributed by atoms with Crippen LogP contribution in [0.15, 0.2) is 6.33 Å². The Morgan fingerprint density at radius 2 is 1.54 bits per heavy atom. The largest absolute Gasteiger partial charge is 0.479 e. The van der Waals surface area contributed by atoms with Crippen LogP contribution in [0, 0.1) is 0 Å². The lowest BCUT2D eigenvalue weighted by atomic mass is 10.2. The number of anilines is 1. The lowest BCUT2D eigenvalue weighted by Crippen LogP contribution is -2.44. The minimum Gasteiger partial charge on any atom is -0.479 e. The number of imide groups is 1. The molecule has 0 bridgehead atoms. The highest BCUT2D eigenvalue weighted by Crippen LogP contribution is 2.25. The van der Waals surface area contributed by atoms with Gasteiger partial charge in [0.25, 0.3) is 0 Å². The minimum absolute atomic E-state index is 0.125. The van der Waals surface area contributed by atoms with Crippen molar-refractivity contribution in [3.8, 4) is 5.88 Å². The average Bonchev–Trinajstić information content (AvgIpc) is 2.90. The number of aromatic nitrogens is 4. The number of imidazole rings is 1. The first-order valence-corrected chi connectivity index (χ1v) is 7.92. The molecule has 10 heteroatoms. The van der Waals surface area contributed by atoms with E-state index in [9.17, 15) is 9.59 Å². The zero-order valence-electron chi connectivity index (χ0n) is 15.9. The van der Waals surface area contributed by atoms with Crippen LogP contribution in [0.3, 0.4) is 0 Å². The van der Waals surface area contributed by atoms with E-state index >= 15 is 0 Å². The van der Waals surface area contributed by atoms with Gasteiger partial charge in [0, 0.05) is 0 Å². The summed E-state index contributed by atoms with van der Waals surface area (Å²) >= 11 is 0. The second-order valence-corrected chi connectivity index (χ2v) is 7.43. The highest BCUT2D eigenvalue weighted by atomic mass is 16.6. The lowest BCUT2D eigenvalue weighted by Gasteiger charge is -2.27. The van der Waals surface area contributed by atoms with Crippen molar-refractivity contribution in [1.82, 2.24) is 19.9 Å². The van der Waals surface area contributed by atoms with Crippen LogP contribution in [0.1, 0.15) is 41.5 Å². The first kappa shape index (κ1) is 19.4. The predicted octanol–water partition coefficient (Wildman–Crippen LogP) is 3.04. The summed E-state index contributed by atoms with van der Waals surface area (Å²) in [5, 5.41) is 0. The summed E-state index contributed by atoms with van der Waals surface area (Å²) in [4.78, 5) is 40.9. The fourth-order valence-corrected chi connectivity index (χ4v) is 1.90. The van der Waals surface area contributed by atoms with Crippen LogP contribution in [-0.4, -0.2) is 50.4 Å². The molecular formula is C16H23N5O5. The average molecular weight is 365 g/mol. The molecular weight excluding hydrogens is 342 g/mol. The molecule has 2 aromatic rings. The second-order valence-electron chi connectivity index (χ2n) is 7.43. The molecule has 0 aliphatic carbocycles. The van der Waals surface area contributed by atoms with Gasteiger partial charge in [-0.05, 0) is 41.5 Å². The van der Waals surface area contributed by atoms with Gasteiger partial charge in [0.2, 0.25) is 11.8 Å². The maximum Gasteiger partial charge on any atom is 0.427 e. The topological polar surface area (TPSA) is 120 Å². The fraction of sp³-hybridized carbons (Fsp3) is 0.562. The monoisotopic (exact) mass is 365 g/mol. The Morgan fingerprint density at radius 3 is 2.00 bits per heavy atom. The molecule has 0 saturated heterocycles. The molecule has 1 N–H and O–H groups in total. The highest BCUT2D eigenvalue weighted by Gasteiger charge is 2.35. The molecule has 2 rings (SSSR count). The molecule has 0 radical (unpaired) electrons. The summed E-state index contributed by atoms with van der Waals surface area (Å²) in [7, 11) is 1.40. The van der Waals surface area contributed by atoms with Gasteiger partial charge in [-0.15, -0.1) is 4.90 Å². The number of methoxy groups -OCH3 is 1. The Hall–Kier alpha value is -2.91. The van der Waals surface area contributed by atoms with E-state index in [1.807, 2.05) is 0 Å². The van der Waals surface area contributed by atoms with Crippen molar-refractivity contribution in [1.29, 1.82) is 0 Å². The summed E-state index contributed by atoms with van der Waals surface area (Å²) in [6.07, 6.45) is -0.538. The van der Waals surface area contributed by atoms with E-state index < -0.39 is 23.4 Å². The molecule has 2 aromatic heterocycles. The highest BCUT2D eigenvalue weighted by molar-refractivity contribution is 6.08. The van der Waals surface area contributed by atoms with E-state index in [0.717, 1.165) is 0 Å². The zero-order valence-corrected chi connectivity index (χ0v) is 15.9. The Morgan fingerprint density at radius 1 is 1.00 bits per heavy atom. The van der Waals surface area contributed by atoms with Crippen LogP contribution in [-0.2, 0) is 9.47 Å². The van der Waals surface area contributed by atoms with Gasteiger partial charge in [0.15, 0.2) is 5.65 Å². The smallest absolute Gasteiger partial charge is 0.427 e. The molecule has 2 amide bonds. The number of amides is 2. The van der Waals surface area contributed by atoms with Crippen molar-refractivity contribution in [3.05, 3.63) is 6.33 Å². The number of aromatic amines is 1. The molecule has 10 nitrogen and oxygen atoms in total. The van der Waals surface area contributed by atoms with E-state index in [-0.39, 0.29) is 17.5 Å². The predicted molar refractivity (Wildman–Crippen MR) is 93.2 cm³/mol. The number of hydrogen-bond acceptors (Lipinski definition) is 8. The number of carbonyl (C=O) groups is 2. The standard InChI is InChI=1S/C16H23N5O5/c1-15(2,3)25-13(22)21(14(23)26-16(4,5)6)12-19-10-9(17-8-18-10)11(20-12)24-7/h8H,1-7H3,(H,17,18,19,20). The maximum absolute atomic E-state index is 12.6. The van der Waals surface area contributed by atoms with Crippen molar-refractivity contribution >= 4 is 29.3 Å². The number of fused-ring (bicyclic) bond motifs is 1. The summed E-state index contributed by atoms with van der Waals surface area (Å²) in [5.74, 6) is -0.135. The Kier molecular flexibility index (Phi) is 5.06. The van der Waals surface area contributed by atoms with Gasteiger partial charge in [-0.3, -0.25) is 0 Å². The Labute approximate surface area is 150 Å². The van der Waals surface area contributed by atoms with Crippen molar-refractivity contribution in [2.45, 2.75) is 52.7 Å². The molecule has 0 saturated carbocycles. The molecule has 0 fully saturated rings. The van der Waals surface area contributed by atoms with Gasteiger partial charge in [-0.2, -0.15) is 9.97 Å². The normalized spacial score (nSPS) is 12.0. The van der Waals surface area contributed by atoms with E-state index in [4.69, 9.17) is 14.2 Å². The Bertz CT molecular complexity index is 791. The number of carbonyl (C=O) groups excluding carboxylic acids is 2. The minimum atomic E-state index is -0.969. The number of hydrogen-bond donors (Lipinski definition) is 1. The van der Waals surface area contributed by atoms with Crippen molar-refractivity contribution in [2.75, 3.05) is 12.0 Å². The zero-order chi connectivity index (χ0) is 19.7. The maximum atomic E-state index is 12.6. The van der Waals surface area contributed by atoms with Crippen LogP contribution in [0.5, 0.6) is 5.88 Å². The van der Waals surface area contributed by atoms with E-state index in [1.54, 1.807) is 41.5 Å². The van der Waals surface area contributed by atoms with Crippen LogP contribution < -0.4 is 9.64 Å². The third kappa shape index (κ3) is 4.58. The van der Waals surface area contributed by atoms with Gasteiger partial charge in [-0.25, -0.2) is 14.6 Å². The third-order valence-corrected chi connectivity index (χ3v) is 2.79. The summed E-state index contributed by atoms with van der Waals surface area (Å²) in [6, 6.07) is 0. The van der Waals surface area contributed by atoms with Crippen molar-refractivity contribution < 1.29 is 23.8 Å². The van der Waals surface area contributed by atoms with E-state index in [0.29, 0.717) is 10.4 Å². The quantitative estimate of drug-likeness (QED) is 0.862. The van der Waals surface area contributed by atoms with Crippen LogP contribution >= 0.6 is 0 Å². The first-order chi connectivity index (χ1) is 11.9. The molecule has 0 spiro atoms. The van der Waals surface area contributed by atoms with Gasteiger partial charge >= 0.3 is 12.2 Å². The third-order valence-electron chi connectivity index (χ3n) is 2.79. The lowest BCUT2D eigenvalue weighted by molar-refractivity contribution is 0.0427. The van der Waals surface area contributed by atoms with Crippen molar-refractivity contribution in [2.24, 2.45) is 0 Å². The molecule has 0 aliphatic heterocycles. The van der Waals surface area contributed by atoms with E-state index in [2.05, 4.69) is 19.9 Å². The summed E-state index contributed by atoms with van der Waals surface area (Å²) < 4.78 is 15.8.